The SMILES string of the molecule is NC(CCCCNCC(=O)C(O)C(O)C(O)CO)C(=O)O. The Hall–Kier alpha value is -1.10. The van der Waals surface area contributed by atoms with E-state index < -0.39 is 42.7 Å². The minimum atomic E-state index is -1.78. The zero-order chi connectivity index (χ0) is 16.4. The van der Waals surface area contributed by atoms with Crippen LogP contribution in [0.2, 0.25) is 0 Å². The molecule has 0 aromatic heterocycles. The van der Waals surface area contributed by atoms with Gasteiger partial charge in [-0.05, 0) is 19.4 Å². The van der Waals surface area contributed by atoms with E-state index in [-0.39, 0.29) is 6.54 Å². The molecule has 0 saturated carbocycles. The third kappa shape index (κ3) is 8.05. The van der Waals surface area contributed by atoms with Crippen molar-refractivity contribution in [1.29, 1.82) is 0 Å². The maximum Gasteiger partial charge on any atom is 0.320 e. The second kappa shape index (κ2) is 10.6. The van der Waals surface area contributed by atoms with Crippen molar-refractivity contribution in [2.45, 2.75) is 43.6 Å². The van der Waals surface area contributed by atoms with Crippen LogP contribution in [0.15, 0.2) is 0 Å². The Morgan fingerprint density at radius 3 is 2.29 bits per heavy atom. The summed E-state index contributed by atoms with van der Waals surface area (Å²) < 4.78 is 0. The van der Waals surface area contributed by atoms with Gasteiger partial charge in [-0.3, -0.25) is 9.59 Å². The van der Waals surface area contributed by atoms with Crippen molar-refractivity contribution in [3.05, 3.63) is 0 Å². The predicted molar refractivity (Wildman–Crippen MR) is 72.4 cm³/mol. The van der Waals surface area contributed by atoms with Gasteiger partial charge in [-0.1, -0.05) is 6.42 Å². The zero-order valence-corrected chi connectivity index (χ0v) is 11.7. The molecular formula is C12H24N2O7. The van der Waals surface area contributed by atoms with Crippen molar-refractivity contribution in [2.24, 2.45) is 5.73 Å². The van der Waals surface area contributed by atoms with Crippen LogP contribution in [0.1, 0.15) is 19.3 Å². The minimum absolute atomic E-state index is 0.207. The van der Waals surface area contributed by atoms with E-state index in [1.165, 1.54) is 0 Å². The molecule has 9 nitrogen and oxygen atoms in total. The third-order valence-corrected chi connectivity index (χ3v) is 2.97. The molecule has 4 atom stereocenters. The molecule has 0 aliphatic carbocycles. The summed E-state index contributed by atoms with van der Waals surface area (Å²) in [6.07, 6.45) is -3.59. The number of aliphatic hydroxyl groups excluding tert-OH is 4. The van der Waals surface area contributed by atoms with Gasteiger partial charge in [-0.2, -0.15) is 0 Å². The van der Waals surface area contributed by atoms with Gasteiger partial charge in [0.1, 0.15) is 24.4 Å². The molecule has 0 aliphatic rings. The van der Waals surface area contributed by atoms with Gasteiger partial charge >= 0.3 is 5.97 Å². The number of nitrogens with two attached hydrogens (primary N) is 1. The minimum Gasteiger partial charge on any atom is -0.480 e. The summed E-state index contributed by atoms with van der Waals surface area (Å²) >= 11 is 0. The van der Waals surface area contributed by atoms with Gasteiger partial charge < -0.3 is 36.6 Å². The Balaban J connectivity index is 3.77. The van der Waals surface area contributed by atoms with Crippen LogP contribution in [-0.4, -0.2) is 81.3 Å². The molecule has 21 heavy (non-hydrogen) atoms. The lowest BCUT2D eigenvalue weighted by molar-refractivity contribution is -0.139. The highest BCUT2D eigenvalue weighted by Gasteiger charge is 2.29. The Labute approximate surface area is 122 Å². The maximum atomic E-state index is 11.5. The highest BCUT2D eigenvalue weighted by Crippen LogP contribution is 2.01. The summed E-state index contributed by atoms with van der Waals surface area (Å²) in [5, 5.41) is 47.7. The van der Waals surface area contributed by atoms with Crippen LogP contribution in [0, 0.1) is 0 Å². The molecule has 0 heterocycles. The van der Waals surface area contributed by atoms with E-state index in [0.29, 0.717) is 25.8 Å². The molecule has 0 saturated heterocycles. The zero-order valence-electron chi connectivity index (χ0n) is 11.7. The fourth-order valence-corrected chi connectivity index (χ4v) is 1.56. The number of Topliss-reactive ketones (excluding diaryl/α,β-unsaturated/α-hetero) is 1. The number of aliphatic hydroxyl groups is 4. The predicted octanol–water partition coefficient (Wildman–Crippen LogP) is -3.20. The standard InChI is InChI=1S/C12H24N2O7/c13-7(12(20)21)3-1-2-4-14-5-8(16)10(18)11(19)9(17)6-15/h7,9-11,14-15,17-19H,1-6,13H2,(H,20,21). The second-order valence-corrected chi connectivity index (χ2v) is 4.77. The summed E-state index contributed by atoms with van der Waals surface area (Å²) in [6, 6.07) is -0.899. The summed E-state index contributed by atoms with van der Waals surface area (Å²) in [5.74, 6) is -1.77. The fraction of sp³-hybridized carbons (Fsp3) is 0.833. The first-order chi connectivity index (χ1) is 9.81. The van der Waals surface area contributed by atoms with Crippen molar-refractivity contribution in [3.63, 3.8) is 0 Å². The quantitative estimate of drug-likeness (QED) is 0.183. The van der Waals surface area contributed by atoms with E-state index in [4.69, 9.17) is 21.1 Å². The first kappa shape index (κ1) is 19.9. The molecule has 0 amide bonds. The van der Waals surface area contributed by atoms with Crippen LogP contribution >= 0.6 is 0 Å². The molecule has 0 fully saturated rings. The highest BCUT2D eigenvalue weighted by molar-refractivity contribution is 5.85. The summed E-state index contributed by atoms with van der Waals surface area (Å²) in [5.41, 5.74) is 5.31. The van der Waals surface area contributed by atoms with Crippen LogP contribution < -0.4 is 11.1 Å². The van der Waals surface area contributed by atoms with Crippen molar-refractivity contribution in [1.82, 2.24) is 5.32 Å². The number of ketones is 1. The maximum absolute atomic E-state index is 11.5. The first-order valence-corrected chi connectivity index (χ1v) is 6.68. The van der Waals surface area contributed by atoms with Crippen molar-refractivity contribution in [2.75, 3.05) is 19.7 Å². The molecule has 0 rings (SSSR count). The third-order valence-electron chi connectivity index (χ3n) is 2.97. The van der Waals surface area contributed by atoms with E-state index in [1.54, 1.807) is 0 Å². The van der Waals surface area contributed by atoms with E-state index in [0.717, 1.165) is 0 Å². The van der Waals surface area contributed by atoms with Gasteiger partial charge in [0.05, 0.1) is 13.2 Å². The van der Waals surface area contributed by atoms with E-state index in [9.17, 15) is 19.8 Å². The van der Waals surface area contributed by atoms with Crippen molar-refractivity contribution in [3.8, 4) is 0 Å². The van der Waals surface area contributed by atoms with Crippen LogP contribution in [0.5, 0.6) is 0 Å². The van der Waals surface area contributed by atoms with Crippen molar-refractivity contribution < 1.29 is 35.1 Å². The molecule has 0 bridgehead atoms. The number of unbranched alkanes of at least 4 members (excludes halogenated alkanes) is 1. The number of carboxylic acid groups (broad SMARTS) is 1. The molecule has 0 spiro atoms. The largest absolute Gasteiger partial charge is 0.480 e. The Bertz CT molecular complexity index is 327. The summed E-state index contributed by atoms with van der Waals surface area (Å²) in [7, 11) is 0. The Morgan fingerprint density at radius 2 is 1.76 bits per heavy atom. The molecular weight excluding hydrogens is 284 g/mol. The van der Waals surface area contributed by atoms with Gasteiger partial charge in [0.15, 0.2) is 5.78 Å². The average molecular weight is 308 g/mol. The molecule has 0 aliphatic heterocycles. The Kier molecular flexibility index (Phi) is 10.0. The molecule has 124 valence electrons. The number of carbonyl (C=O) groups is 2. The monoisotopic (exact) mass is 308 g/mol. The number of nitrogens with one attached hydrogen (secondary N) is 1. The van der Waals surface area contributed by atoms with E-state index in [2.05, 4.69) is 5.32 Å². The fourth-order valence-electron chi connectivity index (χ4n) is 1.56. The van der Waals surface area contributed by atoms with E-state index >= 15 is 0 Å². The van der Waals surface area contributed by atoms with Gasteiger partial charge in [0, 0.05) is 0 Å². The molecule has 0 radical (unpaired) electrons. The number of carboxylic acids is 1. The number of rotatable bonds is 12. The smallest absolute Gasteiger partial charge is 0.320 e. The summed E-state index contributed by atoms with van der Waals surface area (Å²) in [4.78, 5) is 21.9. The van der Waals surface area contributed by atoms with Crippen molar-refractivity contribution >= 4 is 11.8 Å². The molecule has 0 aromatic carbocycles. The Morgan fingerprint density at radius 1 is 1.14 bits per heavy atom. The van der Waals surface area contributed by atoms with Crippen LogP contribution in [0.4, 0.5) is 0 Å². The second-order valence-electron chi connectivity index (χ2n) is 4.77. The van der Waals surface area contributed by atoms with Crippen LogP contribution in [-0.2, 0) is 9.59 Å². The normalized spacial score (nSPS) is 17.0. The van der Waals surface area contributed by atoms with Gasteiger partial charge in [0.25, 0.3) is 0 Å². The average Bonchev–Trinajstić information content (AvgIpc) is 2.47. The number of aliphatic carboxylic acids is 1. The lowest BCUT2D eigenvalue weighted by Gasteiger charge is -2.20. The molecule has 4 unspecified atom stereocenters. The molecule has 8 N–H and O–H groups in total. The number of hydrogen-bond acceptors (Lipinski definition) is 8. The van der Waals surface area contributed by atoms with Crippen LogP contribution in [0.25, 0.3) is 0 Å². The van der Waals surface area contributed by atoms with Gasteiger partial charge in [-0.25, -0.2) is 0 Å². The lowest BCUT2D eigenvalue weighted by atomic mass is 10.0. The highest BCUT2D eigenvalue weighted by atomic mass is 16.4. The molecule has 9 heteroatoms. The first-order valence-electron chi connectivity index (χ1n) is 6.68. The molecule has 0 aromatic rings. The number of hydrogen-bond donors (Lipinski definition) is 7. The van der Waals surface area contributed by atoms with Gasteiger partial charge in [0.2, 0.25) is 0 Å². The van der Waals surface area contributed by atoms with Gasteiger partial charge in [-0.15, -0.1) is 0 Å². The lowest BCUT2D eigenvalue weighted by Crippen LogP contribution is -2.46. The van der Waals surface area contributed by atoms with E-state index in [1.807, 2.05) is 0 Å². The van der Waals surface area contributed by atoms with Crippen LogP contribution in [0.3, 0.4) is 0 Å². The summed E-state index contributed by atoms with van der Waals surface area (Å²) in [6.45, 7) is -0.548. The number of carbonyl (C=O) groups excluding carboxylic acids is 1. The topological polar surface area (TPSA) is 173 Å².